The van der Waals surface area contributed by atoms with E-state index in [1.165, 1.54) is 23.6 Å². The van der Waals surface area contributed by atoms with Crippen molar-refractivity contribution in [3.05, 3.63) is 57.6 Å². The van der Waals surface area contributed by atoms with Gasteiger partial charge in [-0.05, 0) is 23.8 Å². The van der Waals surface area contributed by atoms with Gasteiger partial charge in [0.15, 0.2) is 0 Å². The lowest BCUT2D eigenvalue weighted by atomic mass is 10.0. The molecule has 3 rings (SSSR count). The molecule has 0 amide bonds. The number of fused-ring (bicyclic) bond motifs is 1. The molecule has 21 heavy (non-hydrogen) atoms. The minimum Gasteiger partial charge on any atom is -0.328 e. The van der Waals surface area contributed by atoms with Crippen LogP contribution in [0.4, 0.5) is 17.6 Å². The Morgan fingerprint density at radius 3 is 2.62 bits per heavy atom. The SMILES string of the molecule is O=c1[nH]ccc2scc(-c3ccc(F)c(C(F)(F)F)c3)c12. The second kappa shape index (κ2) is 4.70. The Morgan fingerprint density at radius 1 is 1.14 bits per heavy atom. The van der Waals surface area contributed by atoms with E-state index in [1.807, 2.05) is 0 Å². The molecule has 7 heteroatoms. The number of aromatic nitrogens is 1. The van der Waals surface area contributed by atoms with Crippen LogP contribution in [0.5, 0.6) is 0 Å². The van der Waals surface area contributed by atoms with Gasteiger partial charge in [0.2, 0.25) is 0 Å². The van der Waals surface area contributed by atoms with E-state index in [0.717, 1.165) is 12.1 Å². The summed E-state index contributed by atoms with van der Waals surface area (Å²) in [5, 5.41) is 1.90. The van der Waals surface area contributed by atoms with E-state index in [2.05, 4.69) is 4.98 Å². The highest BCUT2D eigenvalue weighted by Gasteiger charge is 2.34. The smallest absolute Gasteiger partial charge is 0.328 e. The van der Waals surface area contributed by atoms with Crippen LogP contribution >= 0.6 is 11.3 Å². The molecule has 1 N–H and O–H groups in total. The minimum absolute atomic E-state index is 0.159. The Morgan fingerprint density at radius 2 is 1.90 bits per heavy atom. The van der Waals surface area contributed by atoms with E-state index in [9.17, 15) is 22.4 Å². The van der Waals surface area contributed by atoms with Gasteiger partial charge in [-0.25, -0.2) is 4.39 Å². The van der Waals surface area contributed by atoms with Gasteiger partial charge in [-0.3, -0.25) is 4.79 Å². The third-order valence-corrected chi connectivity index (χ3v) is 4.03. The van der Waals surface area contributed by atoms with E-state index in [1.54, 1.807) is 11.4 Å². The molecule has 1 aromatic carbocycles. The zero-order valence-electron chi connectivity index (χ0n) is 10.3. The molecule has 2 aromatic heterocycles. The summed E-state index contributed by atoms with van der Waals surface area (Å²) in [5.74, 6) is -1.33. The van der Waals surface area contributed by atoms with Gasteiger partial charge in [-0.1, -0.05) is 6.07 Å². The Kier molecular flexibility index (Phi) is 3.09. The third-order valence-electron chi connectivity index (χ3n) is 3.08. The summed E-state index contributed by atoms with van der Waals surface area (Å²) in [6, 6.07) is 4.39. The number of benzene rings is 1. The van der Waals surface area contributed by atoms with Gasteiger partial charge in [-0.15, -0.1) is 11.3 Å². The molecule has 0 fully saturated rings. The molecule has 0 atom stereocenters. The highest BCUT2D eigenvalue weighted by atomic mass is 32.1. The van der Waals surface area contributed by atoms with Crippen LogP contribution < -0.4 is 5.56 Å². The first-order valence-corrected chi connectivity index (χ1v) is 6.72. The molecule has 0 saturated carbocycles. The van der Waals surface area contributed by atoms with Crippen LogP contribution in [0.1, 0.15) is 5.56 Å². The second-order valence-electron chi connectivity index (χ2n) is 4.39. The maximum Gasteiger partial charge on any atom is 0.419 e. The van der Waals surface area contributed by atoms with Crippen molar-refractivity contribution in [3.63, 3.8) is 0 Å². The minimum atomic E-state index is -4.78. The number of thiophene rings is 1. The molecular weight excluding hydrogens is 306 g/mol. The van der Waals surface area contributed by atoms with E-state index in [0.29, 0.717) is 15.6 Å². The quantitative estimate of drug-likeness (QED) is 0.663. The van der Waals surface area contributed by atoms with Gasteiger partial charge in [0.1, 0.15) is 5.82 Å². The fraction of sp³-hybridized carbons (Fsp3) is 0.0714. The molecule has 0 saturated heterocycles. The zero-order valence-corrected chi connectivity index (χ0v) is 11.1. The van der Waals surface area contributed by atoms with Gasteiger partial charge < -0.3 is 4.98 Å². The fourth-order valence-electron chi connectivity index (χ4n) is 2.12. The van der Waals surface area contributed by atoms with Crippen LogP contribution in [0.3, 0.4) is 0 Å². The average molecular weight is 313 g/mol. The van der Waals surface area contributed by atoms with Crippen LogP contribution in [-0.2, 0) is 6.18 Å². The first-order chi connectivity index (χ1) is 9.88. The summed E-state index contributed by atoms with van der Waals surface area (Å²) in [6.07, 6.45) is -3.31. The number of pyridine rings is 1. The summed E-state index contributed by atoms with van der Waals surface area (Å²) >= 11 is 1.25. The predicted molar refractivity (Wildman–Crippen MR) is 72.8 cm³/mol. The average Bonchev–Trinajstić information content (AvgIpc) is 2.83. The summed E-state index contributed by atoms with van der Waals surface area (Å²) in [4.78, 5) is 14.3. The van der Waals surface area contributed by atoms with Crippen LogP contribution in [0.2, 0.25) is 0 Å². The highest BCUT2D eigenvalue weighted by Crippen LogP contribution is 2.37. The number of nitrogens with one attached hydrogen (secondary N) is 1. The maximum atomic E-state index is 13.3. The molecule has 0 aliphatic rings. The lowest BCUT2D eigenvalue weighted by Crippen LogP contribution is -2.08. The Balaban J connectivity index is 2.27. The third kappa shape index (κ3) is 2.33. The van der Waals surface area contributed by atoms with E-state index in [-0.39, 0.29) is 11.1 Å². The molecule has 0 aliphatic heterocycles. The van der Waals surface area contributed by atoms with Crippen LogP contribution in [0.15, 0.2) is 40.6 Å². The van der Waals surface area contributed by atoms with Crippen molar-refractivity contribution >= 4 is 21.4 Å². The van der Waals surface area contributed by atoms with Gasteiger partial charge >= 0.3 is 6.18 Å². The standard InChI is InChI=1S/C14H7F4NOS/c15-10-2-1-7(5-9(10)14(16,17)18)8-6-21-11-3-4-19-13(20)12(8)11/h1-6H,(H,19,20). The Labute approximate surface area is 119 Å². The number of aromatic amines is 1. The van der Waals surface area contributed by atoms with E-state index < -0.39 is 17.6 Å². The first-order valence-electron chi connectivity index (χ1n) is 5.84. The number of alkyl halides is 3. The van der Waals surface area contributed by atoms with Crippen LogP contribution in [0, 0.1) is 5.82 Å². The van der Waals surface area contributed by atoms with Crippen molar-refractivity contribution in [2.45, 2.75) is 6.18 Å². The number of hydrogen-bond acceptors (Lipinski definition) is 2. The molecule has 0 aliphatic carbocycles. The van der Waals surface area contributed by atoms with Gasteiger partial charge in [0.25, 0.3) is 5.56 Å². The second-order valence-corrected chi connectivity index (χ2v) is 5.30. The largest absolute Gasteiger partial charge is 0.419 e. The van der Waals surface area contributed by atoms with Gasteiger partial charge in [0, 0.05) is 21.8 Å². The zero-order chi connectivity index (χ0) is 15.2. The number of H-pyrrole nitrogens is 1. The van der Waals surface area contributed by atoms with E-state index >= 15 is 0 Å². The van der Waals surface area contributed by atoms with Crippen molar-refractivity contribution in [2.24, 2.45) is 0 Å². The number of hydrogen-bond donors (Lipinski definition) is 1. The summed E-state index contributed by atoms with van der Waals surface area (Å²) < 4.78 is 52.2. The molecular formula is C14H7F4NOS. The molecule has 2 nitrogen and oxygen atoms in total. The van der Waals surface area contributed by atoms with E-state index in [4.69, 9.17) is 0 Å². The van der Waals surface area contributed by atoms with Crippen LogP contribution in [0.25, 0.3) is 21.2 Å². The maximum absolute atomic E-state index is 13.3. The lowest BCUT2D eigenvalue weighted by molar-refractivity contribution is -0.139. The summed E-state index contributed by atoms with van der Waals surface area (Å²) in [6.45, 7) is 0. The first kappa shape index (κ1) is 13.8. The molecule has 3 aromatic rings. The molecule has 0 spiro atoms. The molecule has 0 bridgehead atoms. The molecule has 0 unspecified atom stereocenters. The van der Waals surface area contributed by atoms with Gasteiger partial charge in [0.05, 0.1) is 10.9 Å². The summed E-state index contributed by atoms with van der Waals surface area (Å²) in [7, 11) is 0. The molecule has 108 valence electrons. The fourth-order valence-corrected chi connectivity index (χ4v) is 3.08. The van der Waals surface area contributed by atoms with Crippen molar-refractivity contribution in [3.8, 4) is 11.1 Å². The lowest BCUT2D eigenvalue weighted by Gasteiger charge is -2.09. The number of rotatable bonds is 1. The van der Waals surface area contributed by atoms with Crippen LogP contribution in [-0.4, -0.2) is 4.98 Å². The Bertz CT molecular complexity index is 879. The predicted octanol–water partition coefficient (Wildman–Crippen LogP) is 4.41. The van der Waals surface area contributed by atoms with Gasteiger partial charge in [-0.2, -0.15) is 13.2 Å². The normalized spacial score (nSPS) is 12.0. The summed E-state index contributed by atoms with van der Waals surface area (Å²) in [5.41, 5.74) is -1.21. The molecule has 0 radical (unpaired) electrons. The van der Waals surface area contributed by atoms with Crippen molar-refractivity contribution in [1.29, 1.82) is 0 Å². The topological polar surface area (TPSA) is 32.9 Å². The highest BCUT2D eigenvalue weighted by molar-refractivity contribution is 7.17. The monoisotopic (exact) mass is 313 g/mol. The Hall–Kier alpha value is -2.15. The van der Waals surface area contributed by atoms with Crippen molar-refractivity contribution in [2.75, 3.05) is 0 Å². The van der Waals surface area contributed by atoms with Crippen molar-refractivity contribution < 1.29 is 17.6 Å². The van der Waals surface area contributed by atoms with Crippen molar-refractivity contribution in [1.82, 2.24) is 4.98 Å². The molecule has 2 heterocycles. The number of halogens is 4.